The lowest BCUT2D eigenvalue weighted by Gasteiger charge is -2.11. The van der Waals surface area contributed by atoms with Gasteiger partial charge in [0, 0.05) is 25.8 Å². The van der Waals surface area contributed by atoms with Gasteiger partial charge >= 0.3 is 0 Å². The Labute approximate surface area is 177 Å². The molecule has 0 bridgehead atoms. The highest BCUT2D eigenvalue weighted by Crippen LogP contribution is 2.29. The number of benzene rings is 1. The molecule has 1 fully saturated rings. The molecule has 0 unspecified atom stereocenters. The van der Waals surface area contributed by atoms with Crippen molar-refractivity contribution in [1.82, 2.24) is 14.5 Å². The Balaban J connectivity index is 1.47. The Morgan fingerprint density at radius 3 is 2.62 bits per heavy atom. The smallest absolute Gasteiger partial charge is 0.273 e. The van der Waals surface area contributed by atoms with E-state index in [0.29, 0.717) is 15.5 Å². The molecule has 3 heterocycles. The number of nitrogens with zero attached hydrogens (tertiary/aromatic N) is 4. The van der Waals surface area contributed by atoms with E-state index in [1.165, 1.54) is 33.2 Å². The zero-order valence-electron chi connectivity index (χ0n) is 16.5. The summed E-state index contributed by atoms with van der Waals surface area (Å²) in [6, 6.07) is 7.80. The predicted molar refractivity (Wildman–Crippen MR) is 119 cm³/mol. The van der Waals surface area contributed by atoms with E-state index in [9.17, 15) is 9.59 Å². The molecule has 29 heavy (non-hydrogen) atoms. The maximum absolute atomic E-state index is 12.7. The van der Waals surface area contributed by atoms with Crippen molar-refractivity contribution in [3.63, 3.8) is 0 Å². The Morgan fingerprint density at radius 1 is 1.21 bits per heavy atom. The van der Waals surface area contributed by atoms with Gasteiger partial charge in [-0.25, -0.2) is 4.98 Å². The summed E-state index contributed by atoms with van der Waals surface area (Å²) in [6.07, 6.45) is 3.26. The first kappa shape index (κ1) is 19.9. The number of amides is 1. The van der Waals surface area contributed by atoms with Gasteiger partial charge in [-0.2, -0.15) is 4.98 Å². The van der Waals surface area contributed by atoms with Crippen molar-refractivity contribution in [1.29, 1.82) is 0 Å². The van der Waals surface area contributed by atoms with Crippen molar-refractivity contribution in [2.75, 3.05) is 29.1 Å². The van der Waals surface area contributed by atoms with Crippen LogP contribution in [0.1, 0.15) is 25.3 Å². The van der Waals surface area contributed by atoms with Gasteiger partial charge in [0.2, 0.25) is 5.91 Å². The minimum absolute atomic E-state index is 0.115. The SMILES string of the molecule is CCc1ccc(NC(=O)CSc2nc3nc(N4CCCC4)sc3c(=O)n2C)cc1. The second kappa shape index (κ2) is 8.54. The average Bonchev–Trinajstić information content (AvgIpc) is 3.40. The molecule has 1 N–H and O–H groups in total. The number of anilines is 2. The maximum atomic E-state index is 12.7. The molecule has 2 aromatic heterocycles. The van der Waals surface area contributed by atoms with Gasteiger partial charge in [0.1, 0.15) is 4.70 Å². The molecular formula is C20H23N5O2S2. The highest BCUT2D eigenvalue weighted by molar-refractivity contribution is 7.99. The van der Waals surface area contributed by atoms with Gasteiger partial charge in [-0.15, -0.1) is 0 Å². The summed E-state index contributed by atoms with van der Waals surface area (Å²) >= 11 is 2.65. The minimum Gasteiger partial charge on any atom is -0.348 e. The molecule has 0 atom stereocenters. The first-order valence-electron chi connectivity index (χ1n) is 9.69. The molecule has 0 radical (unpaired) electrons. The molecule has 1 aliphatic heterocycles. The van der Waals surface area contributed by atoms with Crippen LogP contribution in [0.5, 0.6) is 0 Å². The van der Waals surface area contributed by atoms with Crippen molar-refractivity contribution in [3.8, 4) is 0 Å². The monoisotopic (exact) mass is 429 g/mol. The van der Waals surface area contributed by atoms with Gasteiger partial charge in [-0.3, -0.25) is 14.2 Å². The molecule has 0 aliphatic carbocycles. The van der Waals surface area contributed by atoms with Crippen LogP contribution in [0.4, 0.5) is 10.8 Å². The van der Waals surface area contributed by atoms with Gasteiger partial charge < -0.3 is 10.2 Å². The van der Waals surface area contributed by atoms with E-state index in [-0.39, 0.29) is 17.2 Å². The molecule has 1 aliphatic rings. The molecule has 4 rings (SSSR count). The third-order valence-corrected chi connectivity index (χ3v) is 7.06. The molecular weight excluding hydrogens is 406 g/mol. The lowest BCUT2D eigenvalue weighted by molar-refractivity contribution is -0.113. The zero-order chi connectivity index (χ0) is 20.4. The van der Waals surface area contributed by atoms with E-state index >= 15 is 0 Å². The molecule has 0 spiro atoms. The van der Waals surface area contributed by atoms with Crippen LogP contribution in [-0.4, -0.2) is 39.3 Å². The van der Waals surface area contributed by atoms with Gasteiger partial charge in [-0.05, 0) is 37.0 Å². The quantitative estimate of drug-likeness (QED) is 0.478. The number of aryl methyl sites for hydroxylation is 1. The van der Waals surface area contributed by atoms with Crippen molar-refractivity contribution >= 4 is 50.2 Å². The van der Waals surface area contributed by atoms with E-state index < -0.39 is 0 Å². The molecule has 0 saturated carbocycles. The summed E-state index contributed by atoms with van der Waals surface area (Å²) in [4.78, 5) is 36.4. The topological polar surface area (TPSA) is 80.1 Å². The zero-order valence-corrected chi connectivity index (χ0v) is 18.1. The number of rotatable bonds is 6. The number of carbonyl (C=O) groups is 1. The molecule has 1 saturated heterocycles. The minimum atomic E-state index is -0.135. The van der Waals surface area contributed by atoms with Gasteiger partial charge in [0.15, 0.2) is 15.9 Å². The van der Waals surface area contributed by atoms with Crippen LogP contribution < -0.4 is 15.8 Å². The van der Waals surface area contributed by atoms with Crippen molar-refractivity contribution in [3.05, 3.63) is 40.2 Å². The second-order valence-corrected chi connectivity index (χ2v) is 8.91. The van der Waals surface area contributed by atoms with Crippen LogP contribution in [0.15, 0.2) is 34.2 Å². The summed E-state index contributed by atoms with van der Waals surface area (Å²) < 4.78 is 2.07. The normalized spacial score (nSPS) is 13.9. The Bertz CT molecular complexity index is 1080. The maximum Gasteiger partial charge on any atom is 0.273 e. The first-order chi connectivity index (χ1) is 14.0. The third-order valence-electron chi connectivity index (χ3n) is 4.94. The largest absolute Gasteiger partial charge is 0.348 e. The number of hydrogen-bond donors (Lipinski definition) is 1. The molecule has 7 nitrogen and oxygen atoms in total. The number of carbonyl (C=O) groups excluding carboxylic acids is 1. The van der Waals surface area contributed by atoms with Crippen molar-refractivity contribution in [2.24, 2.45) is 7.05 Å². The number of thioether (sulfide) groups is 1. The molecule has 3 aromatic rings. The number of thiazole rings is 1. The Hall–Kier alpha value is -2.39. The molecule has 1 aromatic carbocycles. The summed E-state index contributed by atoms with van der Waals surface area (Å²) in [5.74, 6) is 0.0365. The van der Waals surface area contributed by atoms with Gasteiger partial charge in [-0.1, -0.05) is 42.2 Å². The molecule has 1 amide bonds. The van der Waals surface area contributed by atoms with Crippen molar-refractivity contribution < 1.29 is 4.79 Å². The van der Waals surface area contributed by atoms with E-state index in [1.807, 2.05) is 24.3 Å². The van der Waals surface area contributed by atoms with Crippen LogP contribution in [0, 0.1) is 0 Å². The summed E-state index contributed by atoms with van der Waals surface area (Å²) in [5.41, 5.74) is 2.34. The number of aromatic nitrogens is 3. The van der Waals surface area contributed by atoms with E-state index in [0.717, 1.165) is 43.2 Å². The summed E-state index contributed by atoms with van der Waals surface area (Å²) in [7, 11) is 1.69. The Kier molecular flexibility index (Phi) is 5.86. The standard InChI is InChI=1S/C20H23N5O2S2/c1-3-13-6-8-14(9-7-13)21-15(26)12-28-19-22-17-16(18(27)24(19)2)29-20(23-17)25-10-4-5-11-25/h6-9H,3-5,10-12H2,1-2H3,(H,21,26). The highest BCUT2D eigenvalue weighted by atomic mass is 32.2. The lowest BCUT2D eigenvalue weighted by atomic mass is 10.1. The predicted octanol–water partition coefficient (Wildman–Crippen LogP) is 3.28. The van der Waals surface area contributed by atoms with E-state index in [4.69, 9.17) is 0 Å². The number of hydrogen-bond acceptors (Lipinski definition) is 7. The Morgan fingerprint density at radius 2 is 1.93 bits per heavy atom. The lowest BCUT2D eigenvalue weighted by Crippen LogP contribution is -2.20. The fourth-order valence-electron chi connectivity index (χ4n) is 3.24. The van der Waals surface area contributed by atoms with Crippen LogP contribution in [0.3, 0.4) is 0 Å². The summed E-state index contributed by atoms with van der Waals surface area (Å²) in [5, 5.41) is 4.24. The fraction of sp³-hybridized carbons (Fsp3) is 0.400. The van der Waals surface area contributed by atoms with Crippen LogP contribution in [0.25, 0.3) is 10.3 Å². The summed E-state index contributed by atoms with van der Waals surface area (Å²) in [6.45, 7) is 4.04. The van der Waals surface area contributed by atoms with E-state index in [2.05, 4.69) is 27.1 Å². The van der Waals surface area contributed by atoms with Crippen LogP contribution in [-0.2, 0) is 18.3 Å². The number of nitrogens with one attached hydrogen (secondary N) is 1. The average molecular weight is 430 g/mol. The fourth-order valence-corrected chi connectivity index (χ4v) is 5.04. The van der Waals surface area contributed by atoms with Gasteiger partial charge in [0.05, 0.1) is 5.75 Å². The van der Waals surface area contributed by atoms with Crippen molar-refractivity contribution in [2.45, 2.75) is 31.3 Å². The van der Waals surface area contributed by atoms with Crippen LogP contribution in [0.2, 0.25) is 0 Å². The number of fused-ring (bicyclic) bond motifs is 1. The second-order valence-electron chi connectivity index (χ2n) is 6.99. The van der Waals surface area contributed by atoms with Gasteiger partial charge in [0.25, 0.3) is 5.56 Å². The molecule has 152 valence electrons. The van der Waals surface area contributed by atoms with Crippen LogP contribution >= 0.6 is 23.1 Å². The highest BCUT2D eigenvalue weighted by Gasteiger charge is 2.20. The third kappa shape index (κ3) is 4.30. The van der Waals surface area contributed by atoms with E-state index in [1.54, 1.807) is 7.05 Å². The first-order valence-corrected chi connectivity index (χ1v) is 11.5. The molecule has 9 heteroatoms.